The maximum Gasteiger partial charge on any atom is 0.192 e. The van der Waals surface area contributed by atoms with Crippen LogP contribution in [0.3, 0.4) is 0 Å². The third-order valence-corrected chi connectivity index (χ3v) is 16.1. The number of piperidine rings is 3. The normalized spacial score (nSPS) is 15.7. The van der Waals surface area contributed by atoms with Crippen LogP contribution in [0.25, 0.3) is 94.4 Å². The van der Waals surface area contributed by atoms with Crippen molar-refractivity contribution < 1.29 is 22.0 Å². The van der Waals surface area contributed by atoms with E-state index in [0.29, 0.717) is 79.1 Å². The molecule has 3 saturated heterocycles. The summed E-state index contributed by atoms with van der Waals surface area (Å²) in [6.45, 7) is 13.1. The second-order valence-electron chi connectivity index (χ2n) is 22.3. The van der Waals surface area contributed by atoms with Crippen LogP contribution in [0.1, 0.15) is 96.6 Å². The number of nitrogens with one attached hydrogen (secondary N) is 2. The van der Waals surface area contributed by atoms with E-state index in [-0.39, 0.29) is 39.8 Å². The average molecular weight is 1150 g/mol. The van der Waals surface area contributed by atoms with Gasteiger partial charge >= 0.3 is 0 Å². The fourth-order valence-corrected chi connectivity index (χ4v) is 11.6. The molecule has 432 valence electrons. The van der Waals surface area contributed by atoms with E-state index in [0.717, 1.165) is 111 Å². The summed E-state index contributed by atoms with van der Waals surface area (Å²) in [6, 6.07) is 16.3. The molecule has 12 aromatic rings. The Kier molecular flexibility index (Phi) is 14.9. The molecule has 0 amide bonds. The molecular weight excluding hydrogens is 1090 g/mol. The summed E-state index contributed by atoms with van der Waals surface area (Å²) in [5, 5.41) is 42.2. The SMILES string of the molecule is Cc1cn2nc(-c3cc(F)c4nc(C5CCN(C)CC5)nnc4c3)cc(C)c2n1.Cc1nc(-c2cc(F)c3nc(C4CCNCC4)nnc3c2)cc2cn(C)nc12.Cc1nc2c(F)cc(-c3cc(F)c4nc(C5CCNCC5)nnc4c3)cc2o1. The Bertz CT molecular complexity index is 4340. The zero-order valence-electron chi connectivity index (χ0n) is 47.7. The first kappa shape index (κ1) is 55.2. The van der Waals surface area contributed by atoms with Crippen LogP contribution in [0, 0.1) is 51.0 Å². The number of hydrogen-bond donors (Lipinski definition) is 2. The largest absolute Gasteiger partial charge is 0.441 e. The summed E-state index contributed by atoms with van der Waals surface area (Å²) >= 11 is 0. The lowest BCUT2D eigenvalue weighted by atomic mass is 9.96. The molecule has 0 unspecified atom stereocenters. The Morgan fingerprint density at radius 1 is 0.471 bits per heavy atom. The topological polar surface area (TPSA) is 230 Å². The molecule has 3 fully saturated rings. The number of benzene rings is 4. The van der Waals surface area contributed by atoms with Crippen LogP contribution < -0.4 is 10.6 Å². The highest BCUT2D eigenvalue weighted by molar-refractivity contribution is 5.88. The third kappa shape index (κ3) is 11.3. The molecule has 0 radical (unpaired) electrons. The van der Waals surface area contributed by atoms with Crippen molar-refractivity contribution in [3.05, 3.63) is 137 Å². The number of nitrogens with zero attached hydrogens (tertiary/aromatic N) is 17. The van der Waals surface area contributed by atoms with Gasteiger partial charge in [0.05, 0.1) is 29.0 Å². The molecule has 15 rings (SSSR count). The molecule has 11 heterocycles. The van der Waals surface area contributed by atoms with Crippen molar-refractivity contribution in [1.82, 2.24) is 95.4 Å². The number of halogens is 4. The number of aryl methyl sites for hydroxylation is 5. The van der Waals surface area contributed by atoms with E-state index in [1.165, 1.54) is 24.3 Å². The van der Waals surface area contributed by atoms with Crippen molar-refractivity contribution in [1.29, 1.82) is 0 Å². The highest BCUT2D eigenvalue weighted by Crippen LogP contribution is 2.34. The summed E-state index contributed by atoms with van der Waals surface area (Å²) in [7, 11) is 3.98. The zero-order valence-corrected chi connectivity index (χ0v) is 47.7. The highest BCUT2D eigenvalue weighted by atomic mass is 19.1. The molecule has 20 nitrogen and oxygen atoms in total. The van der Waals surface area contributed by atoms with E-state index in [9.17, 15) is 17.6 Å². The summed E-state index contributed by atoms with van der Waals surface area (Å²) in [5.74, 6) is 1.04. The summed E-state index contributed by atoms with van der Waals surface area (Å²) in [6.07, 6.45) is 9.43. The smallest absolute Gasteiger partial charge is 0.192 e. The molecule has 85 heavy (non-hydrogen) atoms. The van der Waals surface area contributed by atoms with Gasteiger partial charge in [0.15, 0.2) is 57.9 Å². The first-order chi connectivity index (χ1) is 41.1. The maximum atomic E-state index is 15.0. The lowest BCUT2D eigenvalue weighted by Gasteiger charge is -2.27. The van der Waals surface area contributed by atoms with E-state index in [2.05, 4.69) is 93.3 Å². The predicted molar refractivity (Wildman–Crippen MR) is 312 cm³/mol. The quantitative estimate of drug-likeness (QED) is 0.147. The van der Waals surface area contributed by atoms with E-state index in [4.69, 9.17) is 4.42 Å². The molecule has 3 aliphatic rings. The van der Waals surface area contributed by atoms with Gasteiger partial charge < -0.3 is 20.0 Å². The number of fused-ring (bicyclic) bond motifs is 6. The standard InChI is InChI=1S/C21H22FN7.C20H17F2N5O.C20H20FN7/c1-12-8-17(27-29-11-13(2)23-21(12)29)15-9-16(22)19-18(10-15)25-26-20(24-19)14-4-6-28(3)7-5-14;1-10-24-19-15(22)7-13(9-17(19)28-10)12-6-14(21)18-16(8-12)26-27-20(25-18)11-2-4-23-5-3-11;1-11-18-14(10-28(2)27-18)9-16(23-11)13-7-15(21)19-17(8-13)25-26-20(24-19)12-3-5-22-6-4-12/h8-11,14H,4-7H2,1-3H3;6-9,11,23H,2-5H2,1H3;7-10,12,22H,3-6H2,1-2H3. The van der Waals surface area contributed by atoms with E-state index in [1.807, 2.05) is 52.3 Å². The molecule has 3 aliphatic heterocycles. The lowest BCUT2D eigenvalue weighted by molar-refractivity contribution is 0.250. The van der Waals surface area contributed by atoms with Gasteiger partial charge in [0.25, 0.3) is 0 Å². The van der Waals surface area contributed by atoms with Crippen molar-refractivity contribution in [3.8, 4) is 33.6 Å². The van der Waals surface area contributed by atoms with Gasteiger partial charge in [-0.3, -0.25) is 9.67 Å². The van der Waals surface area contributed by atoms with E-state index < -0.39 is 23.3 Å². The predicted octanol–water partition coefficient (Wildman–Crippen LogP) is 10.1. The Morgan fingerprint density at radius 3 is 1.53 bits per heavy atom. The van der Waals surface area contributed by atoms with Gasteiger partial charge in [0.2, 0.25) is 0 Å². The fourth-order valence-electron chi connectivity index (χ4n) is 11.6. The monoisotopic (exact) mass is 1150 g/mol. The zero-order chi connectivity index (χ0) is 58.6. The van der Waals surface area contributed by atoms with Crippen LogP contribution in [0.4, 0.5) is 17.6 Å². The Labute approximate surface area is 484 Å². The first-order valence-electron chi connectivity index (χ1n) is 28.5. The molecule has 0 saturated carbocycles. The first-order valence-corrected chi connectivity index (χ1v) is 28.5. The van der Waals surface area contributed by atoms with E-state index >= 15 is 0 Å². The Morgan fingerprint density at radius 2 is 0.965 bits per heavy atom. The van der Waals surface area contributed by atoms with Crippen molar-refractivity contribution in [2.45, 2.75) is 84.0 Å². The van der Waals surface area contributed by atoms with Gasteiger partial charge in [-0.25, -0.2) is 47.0 Å². The van der Waals surface area contributed by atoms with Crippen LogP contribution in [-0.2, 0) is 7.05 Å². The van der Waals surface area contributed by atoms with Crippen LogP contribution in [0.5, 0.6) is 0 Å². The van der Waals surface area contributed by atoms with Gasteiger partial charge in [0, 0.05) is 54.4 Å². The molecule has 0 bridgehead atoms. The number of hydrogen-bond acceptors (Lipinski definition) is 18. The van der Waals surface area contributed by atoms with Gasteiger partial charge in [0.1, 0.15) is 44.1 Å². The fraction of sp³-hybridized carbons (Fsp3) is 0.344. The second kappa shape index (κ2) is 22.9. The molecular formula is C61H59F4N19O. The number of aromatic nitrogens is 16. The number of pyridine rings is 1. The molecule has 0 aliphatic carbocycles. The van der Waals surface area contributed by atoms with Crippen molar-refractivity contribution in [2.24, 2.45) is 7.05 Å². The number of oxazole rings is 1. The lowest BCUT2D eigenvalue weighted by Crippen LogP contribution is -2.30. The average Bonchev–Trinajstić information content (AvgIpc) is 3.41. The van der Waals surface area contributed by atoms with Gasteiger partial charge in [-0.1, -0.05) is 0 Å². The maximum absolute atomic E-state index is 15.0. The number of rotatable bonds is 6. The minimum Gasteiger partial charge on any atom is -0.441 e. The van der Waals surface area contributed by atoms with Gasteiger partial charge in [-0.15, -0.1) is 30.6 Å². The molecule has 8 aromatic heterocycles. The highest BCUT2D eigenvalue weighted by Gasteiger charge is 2.25. The Balaban J connectivity index is 0.000000119. The Hall–Kier alpha value is -9.00. The van der Waals surface area contributed by atoms with E-state index in [1.54, 1.807) is 40.4 Å². The third-order valence-electron chi connectivity index (χ3n) is 16.1. The minimum absolute atomic E-state index is 0.163. The van der Waals surface area contributed by atoms with Crippen LogP contribution in [0.2, 0.25) is 0 Å². The van der Waals surface area contributed by atoms with Gasteiger partial charge in [-0.2, -0.15) is 10.2 Å². The van der Waals surface area contributed by atoms with Crippen LogP contribution >= 0.6 is 0 Å². The summed E-state index contributed by atoms with van der Waals surface area (Å²) in [4.78, 5) is 28.8. The number of imidazole rings is 1. The molecule has 2 N–H and O–H groups in total. The molecule has 24 heteroatoms. The summed E-state index contributed by atoms with van der Waals surface area (Å²) < 4.78 is 68.0. The molecule has 0 atom stereocenters. The summed E-state index contributed by atoms with van der Waals surface area (Å²) in [5.41, 5.74) is 10.4. The second-order valence-corrected chi connectivity index (χ2v) is 22.3. The molecule has 0 spiro atoms. The van der Waals surface area contributed by atoms with Crippen LogP contribution in [-0.4, -0.2) is 131 Å². The van der Waals surface area contributed by atoms with Gasteiger partial charge in [-0.05, 0) is 183 Å². The molecule has 4 aromatic carbocycles. The van der Waals surface area contributed by atoms with Crippen molar-refractivity contribution >= 4 is 60.8 Å². The van der Waals surface area contributed by atoms with Crippen molar-refractivity contribution in [2.75, 3.05) is 46.3 Å². The minimum atomic E-state index is -0.518. The van der Waals surface area contributed by atoms with Crippen LogP contribution in [0.15, 0.2) is 77.5 Å². The van der Waals surface area contributed by atoms with Crippen molar-refractivity contribution in [3.63, 3.8) is 0 Å². The number of likely N-dealkylation sites (tertiary alicyclic amines) is 1.